The van der Waals surface area contributed by atoms with Gasteiger partial charge in [-0.2, -0.15) is 0 Å². The summed E-state index contributed by atoms with van der Waals surface area (Å²) >= 11 is 6.11. The second-order valence-corrected chi connectivity index (χ2v) is 6.26. The highest BCUT2D eigenvalue weighted by Crippen LogP contribution is 2.36. The third-order valence-corrected chi connectivity index (χ3v) is 4.44. The van der Waals surface area contributed by atoms with Crippen LogP contribution in [-0.4, -0.2) is 20.9 Å². The van der Waals surface area contributed by atoms with E-state index in [2.05, 4.69) is 15.6 Å². The van der Waals surface area contributed by atoms with E-state index >= 15 is 0 Å². The van der Waals surface area contributed by atoms with Crippen LogP contribution in [0.5, 0.6) is 0 Å². The number of benzene rings is 1. The minimum Gasteiger partial charge on any atom is -0.344 e. The molecule has 0 spiro atoms. The van der Waals surface area contributed by atoms with Crippen molar-refractivity contribution in [3.63, 3.8) is 0 Å². The summed E-state index contributed by atoms with van der Waals surface area (Å²) in [6.45, 7) is 0. The molecule has 0 saturated heterocycles. The highest BCUT2D eigenvalue weighted by molar-refractivity contribution is 6.30. The molecule has 0 aliphatic heterocycles. The van der Waals surface area contributed by atoms with Crippen LogP contribution in [0.1, 0.15) is 47.8 Å². The quantitative estimate of drug-likeness (QED) is 0.942. The smallest absolute Gasteiger partial charge is 0.273 e. The van der Waals surface area contributed by atoms with Crippen LogP contribution in [0, 0.1) is 5.92 Å². The number of halogens is 1. The number of carbonyl (C=O) groups is 1. The fourth-order valence-electron chi connectivity index (χ4n) is 3.13. The second-order valence-electron chi connectivity index (χ2n) is 5.83. The van der Waals surface area contributed by atoms with Crippen LogP contribution in [-0.2, 0) is 7.05 Å². The molecule has 1 unspecified atom stereocenters. The monoisotopic (exact) mass is 318 g/mol. The molecule has 3 rings (SSSR count). The van der Waals surface area contributed by atoms with Crippen molar-refractivity contribution < 1.29 is 4.79 Å². The first-order chi connectivity index (χ1) is 10.6. The van der Waals surface area contributed by atoms with Crippen LogP contribution in [0.25, 0.3) is 0 Å². The summed E-state index contributed by atoms with van der Waals surface area (Å²) in [4.78, 5) is 12.4. The van der Waals surface area contributed by atoms with E-state index < -0.39 is 0 Å². The van der Waals surface area contributed by atoms with Crippen LogP contribution >= 0.6 is 11.6 Å². The number of nitrogens with zero attached hydrogens (tertiary/aromatic N) is 3. The van der Waals surface area contributed by atoms with Gasteiger partial charge in [-0.3, -0.25) is 9.48 Å². The number of hydrogen-bond acceptors (Lipinski definition) is 3. The van der Waals surface area contributed by atoms with Gasteiger partial charge >= 0.3 is 0 Å². The Morgan fingerprint density at radius 3 is 2.82 bits per heavy atom. The van der Waals surface area contributed by atoms with E-state index in [1.165, 1.54) is 17.5 Å². The van der Waals surface area contributed by atoms with Crippen molar-refractivity contribution in [2.75, 3.05) is 0 Å². The summed E-state index contributed by atoms with van der Waals surface area (Å²) in [6.07, 6.45) is 6.29. The van der Waals surface area contributed by atoms with E-state index in [1.807, 2.05) is 24.3 Å². The van der Waals surface area contributed by atoms with Crippen LogP contribution in [0.15, 0.2) is 30.5 Å². The lowest BCUT2D eigenvalue weighted by molar-refractivity contribution is 0.0916. The topological polar surface area (TPSA) is 59.8 Å². The maximum atomic E-state index is 12.4. The highest BCUT2D eigenvalue weighted by atomic mass is 35.5. The zero-order valence-electron chi connectivity index (χ0n) is 12.5. The van der Waals surface area contributed by atoms with E-state index in [0.717, 1.165) is 18.4 Å². The molecule has 1 aromatic heterocycles. The van der Waals surface area contributed by atoms with E-state index in [9.17, 15) is 4.79 Å². The molecule has 0 radical (unpaired) electrons. The Bertz CT molecular complexity index is 664. The van der Waals surface area contributed by atoms with Crippen molar-refractivity contribution in [1.29, 1.82) is 0 Å². The molecule has 1 saturated carbocycles. The molecule has 1 fully saturated rings. The van der Waals surface area contributed by atoms with Gasteiger partial charge in [0.1, 0.15) is 0 Å². The number of amides is 1. The van der Waals surface area contributed by atoms with Crippen molar-refractivity contribution in [2.24, 2.45) is 13.0 Å². The van der Waals surface area contributed by atoms with Crippen molar-refractivity contribution in [2.45, 2.75) is 31.7 Å². The molecule has 6 heteroatoms. The van der Waals surface area contributed by atoms with Gasteiger partial charge in [0, 0.05) is 12.1 Å². The minimum absolute atomic E-state index is 0.0318. The maximum Gasteiger partial charge on any atom is 0.273 e. The van der Waals surface area contributed by atoms with Gasteiger partial charge in [0.15, 0.2) is 5.69 Å². The molecule has 1 aromatic carbocycles. The van der Waals surface area contributed by atoms with Crippen LogP contribution in [0.3, 0.4) is 0 Å². The molecule has 0 bridgehead atoms. The van der Waals surface area contributed by atoms with Gasteiger partial charge in [-0.05, 0) is 36.5 Å². The number of carbonyl (C=O) groups excluding carboxylic acids is 1. The van der Waals surface area contributed by atoms with E-state index in [1.54, 1.807) is 13.2 Å². The summed E-state index contributed by atoms with van der Waals surface area (Å²) in [5, 5.41) is 11.5. The molecule has 1 heterocycles. The second kappa shape index (κ2) is 6.48. The van der Waals surface area contributed by atoms with Crippen molar-refractivity contribution in [3.05, 3.63) is 46.7 Å². The molecule has 1 N–H and O–H groups in total. The zero-order valence-corrected chi connectivity index (χ0v) is 13.3. The molecular weight excluding hydrogens is 300 g/mol. The summed E-state index contributed by atoms with van der Waals surface area (Å²) in [6, 6.07) is 7.69. The first-order valence-electron chi connectivity index (χ1n) is 7.56. The largest absolute Gasteiger partial charge is 0.344 e. The lowest BCUT2D eigenvalue weighted by Crippen LogP contribution is -2.33. The highest BCUT2D eigenvalue weighted by Gasteiger charge is 2.28. The summed E-state index contributed by atoms with van der Waals surface area (Å²) in [7, 11) is 1.75. The third-order valence-electron chi connectivity index (χ3n) is 4.20. The van der Waals surface area contributed by atoms with Crippen molar-refractivity contribution >= 4 is 17.5 Å². The fraction of sp³-hybridized carbons (Fsp3) is 0.438. The molecule has 116 valence electrons. The van der Waals surface area contributed by atoms with E-state index in [0.29, 0.717) is 16.6 Å². The lowest BCUT2D eigenvalue weighted by Gasteiger charge is -2.25. The van der Waals surface area contributed by atoms with Gasteiger partial charge in [0.2, 0.25) is 0 Å². The number of aromatic nitrogens is 3. The summed E-state index contributed by atoms with van der Waals surface area (Å²) < 4.78 is 1.53. The Balaban J connectivity index is 1.83. The van der Waals surface area contributed by atoms with Crippen LogP contribution in [0.2, 0.25) is 5.02 Å². The van der Waals surface area contributed by atoms with Gasteiger partial charge in [0.05, 0.1) is 12.2 Å². The first kappa shape index (κ1) is 15.0. The number of aryl methyl sites for hydroxylation is 1. The molecule has 1 atom stereocenters. The first-order valence-corrected chi connectivity index (χ1v) is 7.94. The SMILES string of the molecule is Cn1cc(C(=O)NC(c2cccc(Cl)c2)C2CCCC2)nn1. The Morgan fingerprint density at radius 1 is 1.41 bits per heavy atom. The van der Waals surface area contributed by atoms with Crippen molar-refractivity contribution in [1.82, 2.24) is 20.3 Å². The number of rotatable bonds is 4. The standard InChI is InChI=1S/C16H19ClN4O/c1-21-10-14(19-20-21)16(22)18-15(11-5-2-3-6-11)12-7-4-8-13(17)9-12/h4,7-11,15H,2-3,5-6H2,1H3,(H,18,22). The lowest BCUT2D eigenvalue weighted by atomic mass is 9.91. The molecule has 1 aliphatic rings. The normalized spacial score (nSPS) is 16.6. The van der Waals surface area contributed by atoms with Gasteiger partial charge in [-0.1, -0.05) is 41.8 Å². The Kier molecular flexibility index (Phi) is 4.43. The predicted octanol–water partition coefficient (Wildman–Crippen LogP) is 3.13. The Labute approximate surface area is 134 Å². The minimum atomic E-state index is -0.190. The van der Waals surface area contributed by atoms with Gasteiger partial charge in [-0.25, -0.2) is 0 Å². The maximum absolute atomic E-state index is 12.4. The van der Waals surface area contributed by atoms with Crippen LogP contribution < -0.4 is 5.32 Å². The number of hydrogen-bond donors (Lipinski definition) is 1. The number of nitrogens with one attached hydrogen (secondary N) is 1. The zero-order chi connectivity index (χ0) is 15.5. The molecular formula is C16H19ClN4O. The Hall–Kier alpha value is -1.88. The van der Waals surface area contributed by atoms with Gasteiger partial charge in [0.25, 0.3) is 5.91 Å². The fourth-order valence-corrected chi connectivity index (χ4v) is 3.33. The summed E-state index contributed by atoms with van der Waals surface area (Å²) in [5.41, 5.74) is 1.39. The van der Waals surface area contributed by atoms with Gasteiger partial charge < -0.3 is 5.32 Å². The predicted molar refractivity (Wildman–Crippen MR) is 84.6 cm³/mol. The van der Waals surface area contributed by atoms with Crippen LogP contribution in [0.4, 0.5) is 0 Å². The molecule has 2 aromatic rings. The third kappa shape index (κ3) is 3.30. The molecule has 22 heavy (non-hydrogen) atoms. The molecule has 1 aliphatic carbocycles. The average Bonchev–Trinajstić information content (AvgIpc) is 3.16. The Morgan fingerprint density at radius 2 is 2.18 bits per heavy atom. The molecule has 1 amide bonds. The molecule has 5 nitrogen and oxygen atoms in total. The van der Waals surface area contributed by atoms with E-state index in [-0.39, 0.29) is 11.9 Å². The van der Waals surface area contributed by atoms with Gasteiger partial charge in [-0.15, -0.1) is 5.10 Å². The summed E-state index contributed by atoms with van der Waals surface area (Å²) in [5.74, 6) is 0.254. The average molecular weight is 319 g/mol. The van der Waals surface area contributed by atoms with E-state index in [4.69, 9.17) is 11.6 Å². The van der Waals surface area contributed by atoms with Crippen molar-refractivity contribution in [3.8, 4) is 0 Å².